The number of nitrogens with zero attached hydrogens (tertiary/aromatic N) is 4. The van der Waals surface area contributed by atoms with Crippen molar-refractivity contribution in [2.24, 2.45) is 0 Å². The molecule has 0 amide bonds. The standard InChI is InChI=1S/C14H13N5O2/c1-8-13-9(2)16-18-14(13)12(17-15-8)7-10-3-5-11(6-4-10)19(20)21/h3-6H,7H2,1-2H3,(H,16,18). The van der Waals surface area contributed by atoms with E-state index in [9.17, 15) is 10.1 Å². The van der Waals surface area contributed by atoms with Crippen LogP contribution in [0.4, 0.5) is 5.69 Å². The van der Waals surface area contributed by atoms with Crippen LogP contribution in [0, 0.1) is 24.0 Å². The Labute approximate surface area is 120 Å². The topological polar surface area (TPSA) is 97.6 Å². The molecule has 1 N–H and O–H groups in total. The Bertz CT molecular complexity index is 823. The van der Waals surface area contributed by atoms with Crippen LogP contribution in [0.3, 0.4) is 0 Å². The lowest BCUT2D eigenvalue weighted by molar-refractivity contribution is -0.384. The second-order valence-corrected chi connectivity index (χ2v) is 4.90. The van der Waals surface area contributed by atoms with E-state index in [0.717, 1.165) is 33.5 Å². The second-order valence-electron chi connectivity index (χ2n) is 4.90. The van der Waals surface area contributed by atoms with Gasteiger partial charge in [0.15, 0.2) is 0 Å². The van der Waals surface area contributed by atoms with E-state index >= 15 is 0 Å². The van der Waals surface area contributed by atoms with Crippen molar-refractivity contribution in [1.82, 2.24) is 20.4 Å². The van der Waals surface area contributed by atoms with Gasteiger partial charge in [0.2, 0.25) is 0 Å². The molecule has 7 nitrogen and oxygen atoms in total. The first-order valence-electron chi connectivity index (χ1n) is 6.46. The van der Waals surface area contributed by atoms with Crippen LogP contribution in [0.1, 0.15) is 22.6 Å². The number of aromatic amines is 1. The molecule has 0 atom stereocenters. The highest BCUT2D eigenvalue weighted by molar-refractivity contribution is 5.85. The van der Waals surface area contributed by atoms with Crippen LogP contribution in [0.15, 0.2) is 24.3 Å². The largest absolute Gasteiger partial charge is 0.281 e. The third-order valence-corrected chi connectivity index (χ3v) is 3.42. The van der Waals surface area contributed by atoms with Crippen molar-refractivity contribution >= 4 is 16.6 Å². The average Bonchev–Trinajstić information content (AvgIpc) is 2.86. The normalized spacial score (nSPS) is 11.0. The van der Waals surface area contributed by atoms with Crippen molar-refractivity contribution in [2.75, 3.05) is 0 Å². The second kappa shape index (κ2) is 4.93. The number of hydrogen-bond donors (Lipinski definition) is 1. The van der Waals surface area contributed by atoms with Crippen molar-refractivity contribution in [3.63, 3.8) is 0 Å². The van der Waals surface area contributed by atoms with Crippen molar-refractivity contribution < 1.29 is 4.92 Å². The van der Waals surface area contributed by atoms with Gasteiger partial charge in [-0.3, -0.25) is 15.2 Å². The van der Waals surface area contributed by atoms with Crippen molar-refractivity contribution in [3.8, 4) is 0 Å². The Morgan fingerprint density at radius 1 is 1.19 bits per heavy atom. The number of aryl methyl sites for hydroxylation is 2. The molecule has 3 aromatic rings. The van der Waals surface area contributed by atoms with Gasteiger partial charge in [0.05, 0.1) is 16.3 Å². The van der Waals surface area contributed by atoms with E-state index in [4.69, 9.17) is 0 Å². The summed E-state index contributed by atoms with van der Waals surface area (Å²) in [6, 6.07) is 6.43. The van der Waals surface area contributed by atoms with Gasteiger partial charge in [0.1, 0.15) is 5.52 Å². The summed E-state index contributed by atoms with van der Waals surface area (Å²) < 4.78 is 0. The predicted octanol–water partition coefficient (Wildman–Crippen LogP) is 2.47. The molecule has 7 heteroatoms. The number of benzene rings is 1. The molecule has 0 saturated heterocycles. The number of aromatic nitrogens is 4. The third kappa shape index (κ3) is 2.33. The first-order chi connectivity index (χ1) is 10.1. The molecule has 0 saturated carbocycles. The molecule has 0 fully saturated rings. The quantitative estimate of drug-likeness (QED) is 0.588. The highest BCUT2D eigenvalue weighted by Crippen LogP contribution is 2.22. The molecule has 0 spiro atoms. The van der Waals surface area contributed by atoms with Gasteiger partial charge in [-0.2, -0.15) is 15.3 Å². The lowest BCUT2D eigenvalue weighted by Gasteiger charge is -2.03. The molecule has 0 aliphatic carbocycles. The summed E-state index contributed by atoms with van der Waals surface area (Å²) in [6.07, 6.45) is 0.534. The number of nitro groups is 1. The van der Waals surface area contributed by atoms with E-state index in [1.54, 1.807) is 12.1 Å². The molecule has 2 aromatic heterocycles. The summed E-state index contributed by atoms with van der Waals surface area (Å²) in [5.74, 6) is 0. The van der Waals surface area contributed by atoms with E-state index in [1.165, 1.54) is 12.1 Å². The van der Waals surface area contributed by atoms with E-state index in [1.807, 2.05) is 13.8 Å². The number of hydrogen-bond acceptors (Lipinski definition) is 5. The molecule has 0 aliphatic heterocycles. The maximum atomic E-state index is 10.7. The zero-order chi connectivity index (χ0) is 15.0. The summed E-state index contributed by atoms with van der Waals surface area (Å²) in [7, 11) is 0. The van der Waals surface area contributed by atoms with E-state index in [0.29, 0.717) is 6.42 Å². The lowest BCUT2D eigenvalue weighted by atomic mass is 10.1. The highest BCUT2D eigenvalue weighted by atomic mass is 16.6. The Hall–Kier alpha value is -2.83. The molecule has 106 valence electrons. The number of nitro benzene ring substituents is 1. The van der Waals surface area contributed by atoms with Crippen LogP contribution in [0.5, 0.6) is 0 Å². The molecule has 3 rings (SSSR count). The van der Waals surface area contributed by atoms with Gasteiger partial charge < -0.3 is 0 Å². The SMILES string of the molecule is Cc1nnc(Cc2ccc([N+](=O)[O-])cc2)c2n[nH]c(C)c12. The Balaban J connectivity index is 1.98. The van der Waals surface area contributed by atoms with Crippen LogP contribution in [-0.4, -0.2) is 25.3 Å². The number of nitrogens with one attached hydrogen (secondary N) is 1. The van der Waals surface area contributed by atoms with E-state index in [2.05, 4.69) is 20.4 Å². The zero-order valence-electron chi connectivity index (χ0n) is 11.6. The number of rotatable bonds is 3. The molecule has 0 aliphatic rings. The van der Waals surface area contributed by atoms with Crippen LogP contribution in [0.2, 0.25) is 0 Å². The van der Waals surface area contributed by atoms with Crippen molar-refractivity contribution in [2.45, 2.75) is 20.3 Å². The minimum absolute atomic E-state index is 0.0782. The minimum atomic E-state index is -0.412. The molecule has 0 bridgehead atoms. The molecular formula is C14H13N5O2. The molecule has 1 aromatic carbocycles. The first-order valence-corrected chi connectivity index (χ1v) is 6.46. The minimum Gasteiger partial charge on any atom is -0.281 e. The molecule has 2 heterocycles. The summed E-state index contributed by atoms with van der Waals surface area (Å²) in [6.45, 7) is 3.84. The number of fused-ring (bicyclic) bond motifs is 1. The molecule has 0 unspecified atom stereocenters. The van der Waals surface area contributed by atoms with Crippen molar-refractivity contribution in [3.05, 3.63) is 57.0 Å². The van der Waals surface area contributed by atoms with Gasteiger partial charge in [-0.1, -0.05) is 12.1 Å². The van der Waals surface area contributed by atoms with Crippen LogP contribution >= 0.6 is 0 Å². The highest BCUT2D eigenvalue weighted by Gasteiger charge is 2.13. The van der Waals surface area contributed by atoms with Gasteiger partial charge in [-0.15, -0.1) is 0 Å². The smallest absolute Gasteiger partial charge is 0.269 e. The fraction of sp³-hybridized carbons (Fsp3) is 0.214. The Kier molecular flexibility index (Phi) is 3.09. The van der Waals surface area contributed by atoms with Gasteiger partial charge in [0, 0.05) is 29.6 Å². The number of H-pyrrole nitrogens is 1. The van der Waals surface area contributed by atoms with Gasteiger partial charge in [0.25, 0.3) is 5.69 Å². The lowest BCUT2D eigenvalue weighted by Crippen LogP contribution is -1.99. The maximum absolute atomic E-state index is 10.7. The fourth-order valence-electron chi connectivity index (χ4n) is 2.36. The summed E-state index contributed by atoms with van der Waals surface area (Å²) in [5.41, 5.74) is 4.37. The van der Waals surface area contributed by atoms with E-state index in [-0.39, 0.29) is 5.69 Å². The Morgan fingerprint density at radius 2 is 1.90 bits per heavy atom. The van der Waals surface area contributed by atoms with Crippen LogP contribution < -0.4 is 0 Å². The first kappa shape index (κ1) is 13.2. The van der Waals surface area contributed by atoms with Gasteiger partial charge in [-0.25, -0.2) is 0 Å². The monoisotopic (exact) mass is 283 g/mol. The van der Waals surface area contributed by atoms with Gasteiger partial charge >= 0.3 is 0 Å². The number of non-ortho nitro benzene ring substituents is 1. The summed E-state index contributed by atoms with van der Waals surface area (Å²) in [5, 5.41) is 27.2. The van der Waals surface area contributed by atoms with E-state index < -0.39 is 4.92 Å². The average molecular weight is 283 g/mol. The molecule has 21 heavy (non-hydrogen) atoms. The predicted molar refractivity (Wildman–Crippen MR) is 77.1 cm³/mol. The zero-order valence-corrected chi connectivity index (χ0v) is 11.6. The van der Waals surface area contributed by atoms with Gasteiger partial charge in [-0.05, 0) is 19.4 Å². The fourth-order valence-corrected chi connectivity index (χ4v) is 2.36. The van der Waals surface area contributed by atoms with Crippen LogP contribution in [0.25, 0.3) is 10.9 Å². The summed E-state index contributed by atoms with van der Waals surface area (Å²) >= 11 is 0. The molecular weight excluding hydrogens is 270 g/mol. The third-order valence-electron chi connectivity index (χ3n) is 3.42. The maximum Gasteiger partial charge on any atom is 0.269 e. The molecule has 0 radical (unpaired) electrons. The summed E-state index contributed by atoms with van der Waals surface area (Å²) in [4.78, 5) is 10.2. The van der Waals surface area contributed by atoms with Crippen LogP contribution in [-0.2, 0) is 6.42 Å². The van der Waals surface area contributed by atoms with Crippen molar-refractivity contribution in [1.29, 1.82) is 0 Å². The Morgan fingerprint density at radius 3 is 2.57 bits per heavy atom.